The molecule has 0 aromatic carbocycles. The van der Waals surface area contributed by atoms with Crippen LogP contribution in [0.1, 0.15) is 12.2 Å². The first-order chi connectivity index (χ1) is 5.33. The molecule has 1 heterocycles. The zero-order chi connectivity index (χ0) is 8.10. The molecule has 62 valence electrons. The van der Waals surface area contributed by atoms with E-state index >= 15 is 0 Å². The summed E-state index contributed by atoms with van der Waals surface area (Å²) in [4.78, 5) is 0. The van der Waals surface area contributed by atoms with Gasteiger partial charge in [-0.05, 0) is 6.42 Å². The van der Waals surface area contributed by atoms with Crippen LogP contribution in [0, 0.1) is 0 Å². The Kier molecular flexibility index (Phi) is 3.07. The first-order valence-corrected chi connectivity index (χ1v) is 3.59. The third-order valence-electron chi connectivity index (χ3n) is 1.49. The second kappa shape index (κ2) is 4.10. The van der Waals surface area contributed by atoms with Crippen LogP contribution in [-0.2, 0) is 6.42 Å². The Labute approximate surface area is 65.0 Å². The summed E-state index contributed by atoms with van der Waals surface area (Å²) < 4.78 is 4.84. The van der Waals surface area contributed by atoms with Gasteiger partial charge in [-0.3, -0.25) is 0 Å². The van der Waals surface area contributed by atoms with Crippen molar-refractivity contribution in [3.8, 4) is 0 Å². The van der Waals surface area contributed by atoms with Crippen LogP contribution < -0.4 is 5.73 Å². The lowest BCUT2D eigenvalue weighted by Crippen LogP contribution is -2.24. The maximum absolute atomic E-state index is 8.59. The summed E-state index contributed by atoms with van der Waals surface area (Å²) in [6.07, 6.45) is 3.06. The van der Waals surface area contributed by atoms with Gasteiger partial charge in [0.05, 0.1) is 12.8 Å². The maximum atomic E-state index is 8.59. The van der Waals surface area contributed by atoms with Crippen molar-refractivity contribution in [2.45, 2.75) is 18.9 Å². The zero-order valence-electron chi connectivity index (χ0n) is 6.23. The van der Waals surface area contributed by atoms with Gasteiger partial charge in [-0.15, -0.1) is 0 Å². The summed E-state index contributed by atoms with van der Waals surface area (Å²) >= 11 is 0. The summed E-state index contributed by atoms with van der Waals surface area (Å²) in [5, 5.41) is 12.1. The van der Waals surface area contributed by atoms with Crippen molar-refractivity contribution in [3.63, 3.8) is 0 Å². The number of hydrogen-bond donors (Lipinski definition) is 2. The molecule has 0 fully saturated rings. The van der Waals surface area contributed by atoms with Crippen molar-refractivity contribution in [1.29, 1.82) is 0 Å². The van der Waals surface area contributed by atoms with E-state index in [2.05, 4.69) is 5.16 Å². The lowest BCUT2D eigenvalue weighted by molar-refractivity contribution is 0.257. The molecule has 0 radical (unpaired) electrons. The minimum atomic E-state index is -0.153. The number of nitrogens with zero attached hydrogens (tertiary/aromatic N) is 1. The number of hydrogen-bond acceptors (Lipinski definition) is 4. The molecule has 1 unspecified atom stereocenters. The van der Waals surface area contributed by atoms with Gasteiger partial charge in [0.25, 0.3) is 0 Å². The lowest BCUT2D eigenvalue weighted by Gasteiger charge is -2.04. The molecule has 1 aromatic heterocycles. The molecule has 0 aliphatic rings. The number of aromatic nitrogens is 1. The van der Waals surface area contributed by atoms with E-state index in [1.807, 2.05) is 0 Å². The molecular formula is C7H12N2O2. The Balaban J connectivity index is 2.23. The van der Waals surface area contributed by atoms with Crippen molar-refractivity contribution >= 4 is 0 Å². The summed E-state index contributed by atoms with van der Waals surface area (Å²) in [7, 11) is 0. The number of aryl methyl sites for hydroxylation is 1. The van der Waals surface area contributed by atoms with Gasteiger partial charge in [-0.1, -0.05) is 5.16 Å². The van der Waals surface area contributed by atoms with Gasteiger partial charge < -0.3 is 15.4 Å². The quantitative estimate of drug-likeness (QED) is 0.640. The second-order valence-electron chi connectivity index (χ2n) is 2.46. The Bertz CT molecular complexity index is 186. The third kappa shape index (κ3) is 2.69. The Morgan fingerprint density at radius 2 is 2.55 bits per heavy atom. The van der Waals surface area contributed by atoms with E-state index < -0.39 is 0 Å². The molecule has 0 saturated carbocycles. The molecule has 4 nitrogen and oxygen atoms in total. The standard InChI is InChI=1S/C7H12N2O2/c8-6(5-10)1-2-7-3-4-9-11-7/h3-4,6,10H,1-2,5,8H2. The van der Waals surface area contributed by atoms with Crippen LogP contribution >= 0.6 is 0 Å². The fourth-order valence-electron chi connectivity index (χ4n) is 0.790. The minimum absolute atomic E-state index is 0.0220. The van der Waals surface area contributed by atoms with Crippen molar-refractivity contribution in [1.82, 2.24) is 5.16 Å². The van der Waals surface area contributed by atoms with Crippen LogP contribution in [0.5, 0.6) is 0 Å². The predicted octanol–water partition coefficient (Wildman–Crippen LogP) is -0.0732. The van der Waals surface area contributed by atoms with E-state index in [-0.39, 0.29) is 12.6 Å². The molecule has 1 rings (SSSR count). The first-order valence-electron chi connectivity index (χ1n) is 3.59. The van der Waals surface area contributed by atoms with Crippen LogP contribution in [-0.4, -0.2) is 22.9 Å². The van der Waals surface area contributed by atoms with E-state index in [4.69, 9.17) is 15.4 Å². The highest BCUT2D eigenvalue weighted by Gasteiger charge is 2.02. The Hall–Kier alpha value is -0.870. The molecule has 11 heavy (non-hydrogen) atoms. The summed E-state index contributed by atoms with van der Waals surface area (Å²) in [5.41, 5.74) is 5.48. The molecular weight excluding hydrogens is 144 g/mol. The molecule has 4 heteroatoms. The molecule has 0 saturated heterocycles. The van der Waals surface area contributed by atoms with Gasteiger partial charge >= 0.3 is 0 Å². The molecule has 1 atom stereocenters. The van der Waals surface area contributed by atoms with Crippen LogP contribution in [0.25, 0.3) is 0 Å². The third-order valence-corrected chi connectivity index (χ3v) is 1.49. The van der Waals surface area contributed by atoms with Crippen molar-refractivity contribution in [2.75, 3.05) is 6.61 Å². The largest absolute Gasteiger partial charge is 0.395 e. The first kappa shape index (κ1) is 8.23. The molecule has 0 spiro atoms. The van der Waals surface area contributed by atoms with Gasteiger partial charge in [0.15, 0.2) is 0 Å². The highest BCUT2D eigenvalue weighted by atomic mass is 16.5. The fraction of sp³-hybridized carbons (Fsp3) is 0.571. The maximum Gasteiger partial charge on any atom is 0.136 e. The van der Waals surface area contributed by atoms with Gasteiger partial charge in [0, 0.05) is 18.5 Å². The van der Waals surface area contributed by atoms with Crippen LogP contribution in [0.15, 0.2) is 16.8 Å². The average molecular weight is 156 g/mol. The SMILES string of the molecule is NC(CO)CCc1ccno1. The van der Waals surface area contributed by atoms with E-state index in [9.17, 15) is 0 Å². The molecule has 0 aliphatic heterocycles. The van der Waals surface area contributed by atoms with Crippen molar-refractivity contribution in [2.24, 2.45) is 5.73 Å². The fourth-order valence-corrected chi connectivity index (χ4v) is 0.790. The van der Waals surface area contributed by atoms with E-state index in [0.29, 0.717) is 0 Å². The number of rotatable bonds is 4. The van der Waals surface area contributed by atoms with Crippen molar-refractivity contribution < 1.29 is 9.63 Å². The molecule has 0 aliphatic carbocycles. The van der Waals surface area contributed by atoms with Crippen LogP contribution in [0.2, 0.25) is 0 Å². The summed E-state index contributed by atoms with van der Waals surface area (Å²) in [5.74, 6) is 0.814. The molecule has 0 bridgehead atoms. The van der Waals surface area contributed by atoms with E-state index in [0.717, 1.165) is 18.6 Å². The summed E-state index contributed by atoms with van der Waals surface area (Å²) in [6.45, 7) is 0.0220. The highest BCUT2D eigenvalue weighted by Crippen LogP contribution is 2.01. The Morgan fingerprint density at radius 3 is 3.09 bits per heavy atom. The Morgan fingerprint density at radius 1 is 1.73 bits per heavy atom. The van der Waals surface area contributed by atoms with Gasteiger partial charge in [-0.2, -0.15) is 0 Å². The number of aliphatic hydroxyl groups is 1. The second-order valence-corrected chi connectivity index (χ2v) is 2.46. The van der Waals surface area contributed by atoms with E-state index in [1.54, 1.807) is 12.3 Å². The lowest BCUT2D eigenvalue weighted by atomic mass is 10.1. The van der Waals surface area contributed by atoms with Crippen molar-refractivity contribution in [3.05, 3.63) is 18.0 Å². The smallest absolute Gasteiger partial charge is 0.136 e. The van der Waals surface area contributed by atoms with Gasteiger partial charge in [-0.25, -0.2) is 0 Å². The molecule has 3 N–H and O–H groups in total. The van der Waals surface area contributed by atoms with Gasteiger partial charge in [0.1, 0.15) is 5.76 Å². The number of nitrogens with two attached hydrogens (primary N) is 1. The number of aliphatic hydroxyl groups excluding tert-OH is 1. The topological polar surface area (TPSA) is 72.3 Å². The van der Waals surface area contributed by atoms with Crippen LogP contribution in [0.4, 0.5) is 0 Å². The van der Waals surface area contributed by atoms with E-state index in [1.165, 1.54) is 0 Å². The predicted molar refractivity (Wildman–Crippen MR) is 39.9 cm³/mol. The summed E-state index contributed by atoms with van der Waals surface area (Å²) in [6, 6.07) is 1.64. The zero-order valence-corrected chi connectivity index (χ0v) is 6.23. The minimum Gasteiger partial charge on any atom is -0.395 e. The molecule has 0 amide bonds. The van der Waals surface area contributed by atoms with Gasteiger partial charge in [0.2, 0.25) is 0 Å². The molecule has 1 aromatic rings. The van der Waals surface area contributed by atoms with Crippen LogP contribution in [0.3, 0.4) is 0 Å². The highest BCUT2D eigenvalue weighted by molar-refractivity contribution is 4.93. The average Bonchev–Trinajstić information content (AvgIpc) is 2.52. The normalized spacial score (nSPS) is 13.3. The monoisotopic (exact) mass is 156 g/mol.